The lowest BCUT2D eigenvalue weighted by Crippen LogP contribution is -2.46. The van der Waals surface area contributed by atoms with Gasteiger partial charge >= 0.3 is 6.03 Å². The highest BCUT2D eigenvalue weighted by Crippen LogP contribution is 2.20. The summed E-state index contributed by atoms with van der Waals surface area (Å²) in [4.78, 5) is 26.1. The van der Waals surface area contributed by atoms with Crippen LogP contribution in [0.25, 0.3) is 0 Å². The number of rotatable bonds is 6. The van der Waals surface area contributed by atoms with Crippen molar-refractivity contribution < 1.29 is 9.59 Å². The fourth-order valence-electron chi connectivity index (χ4n) is 2.98. The third kappa shape index (κ3) is 4.37. The van der Waals surface area contributed by atoms with Crippen LogP contribution in [0, 0.1) is 0 Å². The summed E-state index contributed by atoms with van der Waals surface area (Å²) in [6.45, 7) is 1.18. The number of para-hydroxylation sites is 1. The second-order valence-electron chi connectivity index (χ2n) is 6.19. The molecule has 25 heavy (non-hydrogen) atoms. The van der Waals surface area contributed by atoms with Gasteiger partial charge < -0.3 is 15.5 Å². The van der Waals surface area contributed by atoms with E-state index in [9.17, 15) is 9.59 Å². The molecule has 132 valence electrons. The first-order valence-electron chi connectivity index (χ1n) is 8.52. The van der Waals surface area contributed by atoms with Gasteiger partial charge in [0.05, 0.1) is 6.20 Å². The quantitative estimate of drug-likeness (QED) is 0.781. The Balaban J connectivity index is 1.40. The fourth-order valence-corrected chi connectivity index (χ4v) is 2.98. The summed E-state index contributed by atoms with van der Waals surface area (Å²) >= 11 is 0. The van der Waals surface area contributed by atoms with Crippen molar-refractivity contribution in [2.45, 2.75) is 25.3 Å². The zero-order valence-electron chi connectivity index (χ0n) is 14.3. The zero-order valence-corrected chi connectivity index (χ0v) is 14.3. The Labute approximate surface area is 147 Å². The van der Waals surface area contributed by atoms with Crippen LogP contribution >= 0.6 is 0 Å². The van der Waals surface area contributed by atoms with E-state index in [1.165, 1.54) is 0 Å². The van der Waals surface area contributed by atoms with Crippen LogP contribution < -0.4 is 15.5 Å². The molecule has 2 aromatic rings. The van der Waals surface area contributed by atoms with E-state index >= 15 is 0 Å². The molecule has 1 aliphatic heterocycles. The molecule has 0 spiro atoms. The van der Waals surface area contributed by atoms with Crippen molar-refractivity contribution in [1.29, 1.82) is 0 Å². The normalized spacial score (nSPS) is 16.9. The van der Waals surface area contributed by atoms with Gasteiger partial charge in [-0.15, -0.1) is 0 Å². The van der Waals surface area contributed by atoms with E-state index in [1.54, 1.807) is 9.58 Å². The summed E-state index contributed by atoms with van der Waals surface area (Å²) in [5, 5.41) is 9.70. The van der Waals surface area contributed by atoms with Crippen molar-refractivity contribution in [2.75, 3.05) is 18.0 Å². The number of benzene rings is 1. The van der Waals surface area contributed by atoms with Crippen LogP contribution in [0.15, 0.2) is 42.7 Å². The molecule has 1 fully saturated rings. The highest BCUT2D eigenvalue weighted by Gasteiger charge is 2.33. The molecule has 0 radical (unpaired) electrons. The number of hydrogen-bond donors (Lipinski definition) is 2. The molecule has 1 atom stereocenters. The van der Waals surface area contributed by atoms with Crippen molar-refractivity contribution in [3.63, 3.8) is 0 Å². The Morgan fingerprint density at radius 1 is 1.32 bits per heavy atom. The van der Waals surface area contributed by atoms with Gasteiger partial charge in [-0.2, -0.15) is 5.10 Å². The lowest BCUT2D eigenvalue weighted by Gasteiger charge is -2.17. The number of urea groups is 1. The maximum absolute atomic E-state index is 12.4. The second-order valence-corrected chi connectivity index (χ2v) is 6.19. The van der Waals surface area contributed by atoms with Crippen molar-refractivity contribution in [3.05, 3.63) is 48.3 Å². The van der Waals surface area contributed by atoms with Gasteiger partial charge in [-0.3, -0.25) is 9.48 Å². The first-order chi connectivity index (χ1) is 12.1. The molecule has 1 aromatic carbocycles. The predicted octanol–water partition coefficient (Wildman–Crippen LogP) is 1.46. The van der Waals surface area contributed by atoms with Crippen LogP contribution in [-0.4, -0.2) is 40.9 Å². The summed E-state index contributed by atoms with van der Waals surface area (Å²) < 4.78 is 1.76. The summed E-state index contributed by atoms with van der Waals surface area (Å²) in [7, 11) is 1.88. The average molecular weight is 341 g/mol. The number of aromatic nitrogens is 2. The van der Waals surface area contributed by atoms with Gasteiger partial charge in [-0.05, 0) is 37.0 Å². The molecule has 1 aromatic heterocycles. The van der Waals surface area contributed by atoms with Gasteiger partial charge in [0.1, 0.15) is 6.04 Å². The molecule has 3 amide bonds. The molecule has 2 N–H and O–H groups in total. The highest BCUT2D eigenvalue weighted by molar-refractivity contribution is 6.01. The fraction of sp³-hybridized carbons (Fsp3) is 0.389. The van der Waals surface area contributed by atoms with Crippen LogP contribution in [-0.2, 0) is 18.3 Å². The van der Waals surface area contributed by atoms with E-state index in [4.69, 9.17) is 0 Å². The first-order valence-corrected chi connectivity index (χ1v) is 8.52. The maximum Gasteiger partial charge on any atom is 0.315 e. The van der Waals surface area contributed by atoms with Gasteiger partial charge in [-0.25, -0.2) is 4.79 Å². The number of carbonyl (C=O) groups is 2. The third-order valence-electron chi connectivity index (χ3n) is 4.26. The van der Waals surface area contributed by atoms with Gasteiger partial charge in [0.15, 0.2) is 0 Å². The molecule has 7 nitrogen and oxygen atoms in total. The van der Waals surface area contributed by atoms with E-state index in [2.05, 4.69) is 15.7 Å². The van der Waals surface area contributed by atoms with Crippen LogP contribution in [0.4, 0.5) is 10.5 Å². The molecular weight excluding hydrogens is 318 g/mol. The van der Waals surface area contributed by atoms with Gasteiger partial charge in [-0.1, -0.05) is 18.2 Å². The standard InChI is InChI=1S/C18H23N5O2/c1-22-13-14(12-20-22)6-5-10-19-18(25)21-16-9-11-23(17(16)24)15-7-3-2-4-8-15/h2-4,7-8,12-13,16H,5-6,9-11H2,1H3,(H2,19,21,25)/t16-/m0/s1. The molecule has 0 aliphatic carbocycles. The average Bonchev–Trinajstić information content (AvgIpc) is 3.19. The number of hydrogen-bond acceptors (Lipinski definition) is 3. The van der Waals surface area contributed by atoms with E-state index in [-0.39, 0.29) is 11.9 Å². The molecule has 1 aliphatic rings. The number of nitrogens with zero attached hydrogens (tertiary/aromatic N) is 3. The Bertz CT molecular complexity index is 728. The third-order valence-corrected chi connectivity index (χ3v) is 4.26. The lowest BCUT2D eigenvalue weighted by atomic mass is 10.2. The molecule has 1 saturated heterocycles. The minimum absolute atomic E-state index is 0.0586. The molecule has 2 heterocycles. The lowest BCUT2D eigenvalue weighted by molar-refractivity contribution is -0.118. The Hall–Kier alpha value is -2.83. The summed E-state index contributed by atoms with van der Waals surface area (Å²) in [5.74, 6) is -0.0586. The monoisotopic (exact) mass is 341 g/mol. The second kappa shape index (κ2) is 7.83. The van der Waals surface area contributed by atoms with Crippen LogP contribution in [0.1, 0.15) is 18.4 Å². The van der Waals surface area contributed by atoms with Crippen molar-refractivity contribution >= 4 is 17.6 Å². The number of anilines is 1. The molecule has 0 unspecified atom stereocenters. The van der Waals surface area contributed by atoms with Gasteiger partial charge in [0, 0.05) is 32.0 Å². The largest absolute Gasteiger partial charge is 0.338 e. The molecule has 0 saturated carbocycles. The van der Waals surface area contributed by atoms with Crippen LogP contribution in [0.5, 0.6) is 0 Å². The maximum atomic E-state index is 12.4. The van der Waals surface area contributed by atoms with E-state index < -0.39 is 6.04 Å². The van der Waals surface area contributed by atoms with E-state index in [0.717, 1.165) is 24.1 Å². The first kappa shape index (κ1) is 17.0. The predicted molar refractivity (Wildman–Crippen MR) is 95.3 cm³/mol. The summed E-state index contributed by atoms with van der Waals surface area (Å²) in [6.07, 6.45) is 6.10. The van der Waals surface area contributed by atoms with E-state index in [1.807, 2.05) is 49.8 Å². The Morgan fingerprint density at radius 3 is 2.84 bits per heavy atom. The number of nitrogens with one attached hydrogen (secondary N) is 2. The molecular formula is C18H23N5O2. The summed E-state index contributed by atoms with van der Waals surface area (Å²) in [6, 6.07) is 8.77. The van der Waals surface area contributed by atoms with Crippen molar-refractivity contribution in [1.82, 2.24) is 20.4 Å². The van der Waals surface area contributed by atoms with Gasteiger partial charge in [0.25, 0.3) is 0 Å². The Kier molecular flexibility index (Phi) is 5.33. The minimum Gasteiger partial charge on any atom is -0.338 e. The number of aryl methyl sites for hydroxylation is 2. The SMILES string of the molecule is Cn1cc(CCCNC(=O)N[C@H]2CCN(c3ccccc3)C2=O)cn1. The molecule has 0 bridgehead atoms. The van der Waals surface area contributed by atoms with E-state index in [0.29, 0.717) is 19.5 Å². The minimum atomic E-state index is -0.460. The molecule has 3 rings (SSSR count). The van der Waals surface area contributed by atoms with Crippen LogP contribution in [0.2, 0.25) is 0 Å². The van der Waals surface area contributed by atoms with Crippen LogP contribution in [0.3, 0.4) is 0 Å². The molecule has 7 heteroatoms. The number of amides is 3. The summed E-state index contributed by atoms with van der Waals surface area (Å²) in [5.41, 5.74) is 2.02. The highest BCUT2D eigenvalue weighted by atomic mass is 16.2. The van der Waals surface area contributed by atoms with Crippen molar-refractivity contribution in [3.8, 4) is 0 Å². The number of carbonyl (C=O) groups excluding carboxylic acids is 2. The van der Waals surface area contributed by atoms with Crippen molar-refractivity contribution in [2.24, 2.45) is 7.05 Å². The Morgan fingerprint density at radius 2 is 2.12 bits per heavy atom. The zero-order chi connectivity index (χ0) is 17.6. The van der Waals surface area contributed by atoms with Gasteiger partial charge in [0.2, 0.25) is 5.91 Å². The smallest absolute Gasteiger partial charge is 0.315 e. The topological polar surface area (TPSA) is 79.3 Å².